The first-order valence-electron chi connectivity index (χ1n) is 13.2. The van der Waals surface area contributed by atoms with E-state index in [0.29, 0.717) is 27.7 Å². The van der Waals surface area contributed by atoms with Crippen molar-refractivity contribution in [3.05, 3.63) is 75.8 Å². The van der Waals surface area contributed by atoms with E-state index in [1.54, 1.807) is 29.2 Å². The minimum Gasteiger partial charge on any atom is -0.352 e. The third kappa shape index (κ3) is 5.25. The highest BCUT2D eigenvalue weighted by atomic mass is 35.5. The molecule has 0 radical (unpaired) electrons. The Labute approximate surface area is 232 Å². The predicted octanol–water partition coefficient (Wildman–Crippen LogP) is 6.36. The number of carbonyl (C=O) groups excluding carboxylic acids is 3. The summed E-state index contributed by atoms with van der Waals surface area (Å²) in [6.45, 7) is 1.91. The first-order chi connectivity index (χ1) is 18.4. The number of rotatable bonds is 8. The third-order valence-corrected chi connectivity index (χ3v) is 8.36. The Morgan fingerprint density at radius 3 is 2.47 bits per heavy atom. The maximum absolute atomic E-state index is 14.0. The van der Waals surface area contributed by atoms with Crippen molar-refractivity contribution in [2.24, 2.45) is 0 Å². The zero-order chi connectivity index (χ0) is 26.8. The monoisotopic (exact) mass is 551 g/mol. The lowest BCUT2D eigenvalue weighted by atomic mass is 9.95. The molecule has 1 N–H and O–H groups in total. The van der Waals surface area contributed by atoms with Gasteiger partial charge in [0.1, 0.15) is 12.6 Å². The zero-order valence-corrected chi connectivity index (χ0v) is 22.9. The number of carbonyl (C=O) groups is 3. The molecule has 1 aliphatic heterocycles. The summed E-state index contributed by atoms with van der Waals surface area (Å²) in [4.78, 5) is 43.9. The quantitative estimate of drug-likeness (QED) is 0.354. The Balaban J connectivity index is 1.43. The Morgan fingerprint density at radius 1 is 1.03 bits per heavy atom. The average Bonchev–Trinajstić information content (AvgIpc) is 3.19. The van der Waals surface area contributed by atoms with Crippen molar-refractivity contribution in [1.29, 1.82) is 0 Å². The molecule has 6 nitrogen and oxygen atoms in total. The summed E-state index contributed by atoms with van der Waals surface area (Å²) in [7, 11) is 0. The van der Waals surface area contributed by atoms with Crippen LogP contribution in [0.1, 0.15) is 61.4 Å². The van der Waals surface area contributed by atoms with Crippen molar-refractivity contribution in [1.82, 2.24) is 10.2 Å². The lowest BCUT2D eigenvalue weighted by Crippen LogP contribution is -2.53. The minimum atomic E-state index is -0.685. The van der Waals surface area contributed by atoms with E-state index < -0.39 is 6.04 Å². The van der Waals surface area contributed by atoms with Crippen LogP contribution in [0.5, 0.6) is 0 Å². The molecular weight excluding hydrogens is 521 g/mol. The Kier molecular flexibility index (Phi) is 7.91. The van der Waals surface area contributed by atoms with E-state index in [-0.39, 0.29) is 36.9 Å². The van der Waals surface area contributed by atoms with Gasteiger partial charge in [0, 0.05) is 23.5 Å². The van der Waals surface area contributed by atoms with Crippen LogP contribution in [0.25, 0.3) is 10.8 Å². The van der Waals surface area contributed by atoms with Gasteiger partial charge in [-0.2, -0.15) is 0 Å². The van der Waals surface area contributed by atoms with E-state index in [1.807, 2.05) is 37.3 Å². The first-order valence-corrected chi connectivity index (χ1v) is 14.0. The van der Waals surface area contributed by atoms with Crippen molar-refractivity contribution in [3.63, 3.8) is 0 Å². The van der Waals surface area contributed by atoms with E-state index in [9.17, 15) is 14.4 Å². The van der Waals surface area contributed by atoms with E-state index >= 15 is 0 Å². The minimum absolute atomic E-state index is 0.125. The van der Waals surface area contributed by atoms with Crippen LogP contribution in [0.4, 0.5) is 5.69 Å². The molecular formula is C30H31Cl2N3O3. The number of benzene rings is 3. The molecule has 8 heteroatoms. The molecule has 1 atom stereocenters. The molecule has 0 aromatic heterocycles. The van der Waals surface area contributed by atoms with Crippen molar-refractivity contribution < 1.29 is 14.4 Å². The summed E-state index contributed by atoms with van der Waals surface area (Å²) in [6.07, 6.45) is 5.72. The second-order valence-corrected chi connectivity index (χ2v) is 10.9. The van der Waals surface area contributed by atoms with Crippen LogP contribution in [0.15, 0.2) is 54.6 Å². The molecule has 1 heterocycles. The van der Waals surface area contributed by atoms with Gasteiger partial charge in [0.15, 0.2) is 0 Å². The smallest absolute Gasteiger partial charge is 0.259 e. The van der Waals surface area contributed by atoms with Crippen LogP contribution in [0.2, 0.25) is 10.0 Å². The first kappa shape index (κ1) is 26.5. The lowest BCUT2D eigenvalue weighted by Gasteiger charge is -2.34. The van der Waals surface area contributed by atoms with E-state index in [4.69, 9.17) is 23.2 Å². The summed E-state index contributed by atoms with van der Waals surface area (Å²) < 4.78 is 0. The van der Waals surface area contributed by atoms with E-state index in [1.165, 1.54) is 11.3 Å². The molecule has 0 unspecified atom stereocenters. The highest BCUT2D eigenvalue weighted by Crippen LogP contribution is 2.37. The number of hydrogen-bond donors (Lipinski definition) is 1. The van der Waals surface area contributed by atoms with Crippen molar-refractivity contribution in [3.8, 4) is 0 Å². The van der Waals surface area contributed by atoms with Gasteiger partial charge in [-0.3, -0.25) is 19.3 Å². The normalized spacial score (nSPS) is 16.1. The Bertz CT molecular complexity index is 1380. The van der Waals surface area contributed by atoms with Gasteiger partial charge in [0.05, 0.1) is 15.7 Å². The van der Waals surface area contributed by atoms with Crippen LogP contribution in [-0.4, -0.2) is 41.2 Å². The molecule has 5 rings (SSSR count). The molecule has 3 aromatic rings. The number of nitrogens with zero attached hydrogens (tertiary/aromatic N) is 2. The molecule has 1 saturated carbocycles. The van der Waals surface area contributed by atoms with Crippen molar-refractivity contribution >= 4 is 57.4 Å². The highest BCUT2D eigenvalue weighted by molar-refractivity contribution is 6.42. The van der Waals surface area contributed by atoms with E-state index in [2.05, 4.69) is 5.32 Å². The fourth-order valence-corrected chi connectivity index (χ4v) is 5.98. The lowest BCUT2D eigenvalue weighted by molar-refractivity contribution is -0.140. The molecule has 1 fully saturated rings. The summed E-state index contributed by atoms with van der Waals surface area (Å²) >= 11 is 12.4. The summed E-state index contributed by atoms with van der Waals surface area (Å²) in [5.74, 6) is -0.676. The summed E-state index contributed by atoms with van der Waals surface area (Å²) in [6, 6.07) is 16.0. The predicted molar refractivity (Wildman–Crippen MR) is 152 cm³/mol. The molecule has 38 heavy (non-hydrogen) atoms. The van der Waals surface area contributed by atoms with Crippen LogP contribution in [-0.2, 0) is 16.1 Å². The molecule has 3 aromatic carbocycles. The number of halogens is 2. The van der Waals surface area contributed by atoms with Gasteiger partial charge in [-0.15, -0.1) is 0 Å². The Hall–Kier alpha value is -3.09. The number of anilines is 1. The second-order valence-electron chi connectivity index (χ2n) is 10.1. The fraction of sp³-hybridized carbons (Fsp3) is 0.367. The SMILES string of the molecule is CC[C@@H](C(=O)NC1CCCCC1)N(Cc1ccc(Cl)c(Cl)c1)C(=O)CN1C(=O)c2cccc3cccc1c23. The van der Waals surface area contributed by atoms with Gasteiger partial charge in [-0.1, -0.05) is 79.7 Å². The van der Waals surface area contributed by atoms with E-state index in [0.717, 1.165) is 42.0 Å². The number of hydrogen-bond acceptors (Lipinski definition) is 3. The second kappa shape index (κ2) is 11.3. The maximum atomic E-state index is 14.0. The average molecular weight is 553 g/mol. The topological polar surface area (TPSA) is 69.7 Å². The highest BCUT2D eigenvalue weighted by Gasteiger charge is 2.35. The largest absolute Gasteiger partial charge is 0.352 e. The van der Waals surface area contributed by atoms with Gasteiger partial charge < -0.3 is 10.2 Å². The van der Waals surface area contributed by atoms with Gasteiger partial charge in [-0.25, -0.2) is 0 Å². The molecule has 198 valence electrons. The van der Waals surface area contributed by atoms with Gasteiger partial charge in [0.25, 0.3) is 5.91 Å². The summed E-state index contributed by atoms with van der Waals surface area (Å²) in [5, 5.41) is 5.79. The molecule has 1 aliphatic carbocycles. The fourth-order valence-electron chi connectivity index (χ4n) is 5.66. The van der Waals surface area contributed by atoms with Crippen LogP contribution in [0, 0.1) is 0 Å². The molecule has 0 bridgehead atoms. The maximum Gasteiger partial charge on any atom is 0.259 e. The standard InChI is InChI=1S/C30H31Cl2N3O3/c1-2-25(29(37)33-21-10-4-3-5-11-21)34(17-19-14-15-23(31)24(32)16-19)27(36)18-35-26-13-7-9-20-8-6-12-22(28(20)26)30(35)38/h6-9,12-16,21,25H,2-5,10-11,17-18H2,1H3,(H,33,37)/t25-/m0/s1. The van der Waals surface area contributed by atoms with Gasteiger partial charge in [-0.05, 0) is 54.5 Å². The number of amides is 3. The van der Waals surface area contributed by atoms with Gasteiger partial charge in [0.2, 0.25) is 11.8 Å². The van der Waals surface area contributed by atoms with Crippen LogP contribution in [0.3, 0.4) is 0 Å². The summed E-state index contributed by atoms with van der Waals surface area (Å²) in [5.41, 5.74) is 2.06. The third-order valence-electron chi connectivity index (χ3n) is 7.62. The van der Waals surface area contributed by atoms with Crippen LogP contribution >= 0.6 is 23.2 Å². The molecule has 2 aliphatic rings. The zero-order valence-electron chi connectivity index (χ0n) is 21.4. The van der Waals surface area contributed by atoms with Crippen molar-refractivity contribution in [2.75, 3.05) is 11.4 Å². The molecule has 3 amide bonds. The van der Waals surface area contributed by atoms with Crippen molar-refractivity contribution in [2.45, 2.75) is 64.1 Å². The van der Waals surface area contributed by atoms with Crippen LogP contribution < -0.4 is 10.2 Å². The molecule has 0 spiro atoms. The molecule has 0 saturated heterocycles. The number of nitrogens with one attached hydrogen (secondary N) is 1. The van der Waals surface area contributed by atoms with Gasteiger partial charge >= 0.3 is 0 Å². The Morgan fingerprint density at radius 2 is 1.76 bits per heavy atom.